The van der Waals surface area contributed by atoms with Gasteiger partial charge in [-0.2, -0.15) is 0 Å². The van der Waals surface area contributed by atoms with Gasteiger partial charge in [0, 0.05) is 18.1 Å². The van der Waals surface area contributed by atoms with Crippen LogP contribution in [-0.4, -0.2) is 32.3 Å². The van der Waals surface area contributed by atoms with Crippen molar-refractivity contribution in [3.05, 3.63) is 35.9 Å². The molecule has 0 aliphatic carbocycles. The summed E-state index contributed by atoms with van der Waals surface area (Å²) in [5.74, 6) is 0.177. The van der Waals surface area contributed by atoms with Crippen molar-refractivity contribution in [3.63, 3.8) is 0 Å². The van der Waals surface area contributed by atoms with E-state index in [1.54, 1.807) is 0 Å². The summed E-state index contributed by atoms with van der Waals surface area (Å²) in [6.45, 7) is 0. The van der Waals surface area contributed by atoms with Gasteiger partial charge in [-0.15, -0.1) is 12.4 Å². The monoisotopic (exact) mass is 330 g/mol. The molecule has 1 aromatic carbocycles. The highest BCUT2D eigenvalue weighted by molar-refractivity contribution is 7.89. The SMILES string of the molecule is Cl.O=S(=O)(CCc1ccccc1)NC1CC2CCC(C1)N2. The summed E-state index contributed by atoms with van der Waals surface area (Å²) in [4.78, 5) is 0. The normalized spacial score (nSPS) is 28.1. The van der Waals surface area contributed by atoms with Gasteiger partial charge in [0.25, 0.3) is 0 Å². The van der Waals surface area contributed by atoms with E-state index >= 15 is 0 Å². The van der Waals surface area contributed by atoms with Crippen LogP contribution in [0.15, 0.2) is 30.3 Å². The average Bonchev–Trinajstić information content (AvgIpc) is 2.77. The molecule has 2 saturated heterocycles. The number of piperidine rings is 1. The van der Waals surface area contributed by atoms with Crippen LogP contribution in [0.5, 0.6) is 0 Å². The minimum Gasteiger partial charge on any atom is -0.311 e. The Labute approximate surface area is 133 Å². The highest BCUT2D eigenvalue weighted by Crippen LogP contribution is 2.27. The zero-order valence-corrected chi connectivity index (χ0v) is 13.6. The van der Waals surface area contributed by atoms with Crippen molar-refractivity contribution in [2.24, 2.45) is 0 Å². The van der Waals surface area contributed by atoms with Crippen molar-refractivity contribution >= 4 is 22.4 Å². The Morgan fingerprint density at radius 2 is 1.71 bits per heavy atom. The molecule has 21 heavy (non-hydrogen) atoms. The number of hydrogen-bond acceptors (Lipinski definition) is 3. The van der Waals surface area contributed by atoms with Crippen molar-refractivity contribution in [1.82, 2.24) is 10.0 Å². The molecule has 2 heterocycles. The van der Waals surface area contributed by atoms with Crippen LogP contribution in [0.25, 0.3) is 0 Å². The Morgan fingerprint density at radius 3 is 2.33 bits per heavy atom. The van der Waals surface area contributed by atoms with Crippen LogP contribution >= 0.6 is 12.4 Å². The van der Waals surface area contributed by atoms with Crippen LogP contribution in [-0.2, 0) is 16.4 Å². The first-order chi connectivity index (χ1) is 9.61. The lowest BCUT2D eigenvalue weighted by atomic mass is 10.0. The van der Waals surface area contributed by atoms with E-state index in [9.17, 15) is 8.42 Å². The molecule has 6 heteroatoms. The molecule has 0 aromatic heterocycles. The predicted octanol–water partition coefficient (Wildman–Crippen LogP) is 1.85. The summed E-state index contributed by atoms with van der Waals surface area (Å²) < 4.78 is 27.2. The van der Waals surface area contributed by atoms with E-state index in [1.807, 2.05) is 30.3 Å². The highest BCUT2D eigenvalue weighted by atomic mass is 35.5. The largest absolute Gasteiger partial charge is 0.311 e. The number of benzene rings is 1. The second-order valence-electron chi connectivity index (χ2n) is 5.98. The second-order valence-corrected chi connectivity index (χ2v) is 7.85. The van der Waals surface area contributed by atoms with Crippen LogP contribution in [0.3, 0.4) is 0 Å². The number of rotatable bonds is 5. The fourth-order valence-corrected chi connectivity index (χ4v) is 4.69. The number of halogens is 1. The maximum absolute atomic E-state index is 12.2. The molecule has 118 valence electrons. The van der Waals surface area contributed by atoms with Crippen LogP contribution in [0.2, 0.25) is 0 Å². The van der Waals surface area contributed by atoms with Gasteiger partial charge in [0.2, 0.25) is 10.0 Å². The average molecular weight is 331 g/mol. The van der Waals surface area contributed by atoms with Gasteiger partial charge in [-0.05, 0) is 37.7 Å². The second kappa shape index (κ2) is 7.09. The summed E-state index contributed by atoms with van der Waals surface area (Å²) >= 11 is 0. The Bertz CT molecular complexity index is 538. The van der Waals surface area contributed by atoms with Gasteiger partial charge in [0.05, 0.1) is 5.75 Å². The summed E-state index contributed by atoms with van der Waals surface area (Å²) in [5, 5.41) is 3.53. The molecule has 4 nitrogen and oxygen atoms in total. The molecule has 2 unspecified atom stereocenters. The Hall–Kier alpha value is -0.620. The van der Waals surface area contributed by atoms with Crippen molar-refractivity contribution < 1.29 is 8.42 Å². The smallest absolute Gasteiger partial charge is 0.212 e. The molecule has 2 atom stereocenters. The predicted molar refractivity (Wildman–Crippen MR) is 87.3 cm³/mol. The van der Waals surface area contributed by atoms with Crippen LogP contribution in [0, 0.1) is 0 Å². The molecule has 2 bridgehead atoms. The van der Waals surface area contributed by atoms with Crippen molar-refractivity contribution in [2.45, 2.75) is 50.2 Å². The molecular weight excluding hydrogens is 308 g/mol. The lowest BCUT2D eigenvalue weighted by molar-refractivity contribution is 0.345. The van der Waals surface area contributed by atoms with Crippen molar-refractivity contribution in [3.8, 4) is 0 Å². The van der Waals surface area contributed by atoms with Crippen LogP contribution in [0.4, 0.5) is 0 Å². The molecule has 0 amide bonds. The summed E-state index contributed by atoms with van der Waals surface area (Å²) in [5.41, 5.74) is 1.07. The van der Waals surface area contributed by atoms with E-state index in [0.29, 0.717) is 18.5 Å². The molecular formula is C15H23ClN2O2S. The molecule has 2 aliphatic heterocycles. The number of hydrogen-bond donors (Lipinski definition) is 2. The summed E-state index contributed by atoms with van der Waals surface area (Å²) in [6.07, 6.45) is 4.82. The fraction of sp³-hybridized carbons (Fsp3) is 0.600. The minimum atomic E-state index is -3.18. The van der Waals surface area contributed by atoms with Gasteiger partial charge >= 0.3 is 0 Å². The molecule has 1 aromatic rings. The van der Waals surface area contributed by atoms with E-state index in [1.165, 1.54) is 12.8 Å². The quantitative estimate of drug-likeness (QED) is 0.866. The van der Waals surface area contributed by atoms with Gasteiger partial charge in [-0.3, -0.25) is 0 Å². The molecule has 0 radical (unpaired) electrons. The van der Waals surface area contributed by atoms with E-state index in [2.05, 4.69) is 10.0 Å². The molecule has 2 N–H and O–H groups in total. The zero-order chi connectivity index (χ0) is 14.0. The Kier molecular flexibility index (Phi) is 5.66. The first-order valence-corrected chi connectivity index (χ1v) is 9.06. The molecule has 2 fully saturated rings. The Balaban J connectivity index is 0.00000161. The van der Waals surface area contributed by atoms with E-state index in [4.69, 9.17) is 0 Å². The first kappa shape index (κ1) is 16.7. The molecule has 2 aliphatic rings. The third-order valence-corrected chi connectivity index (χ3v) is 5.76. The zero-order valence-electron chi connectivity index (χ0n) is 12.0. The van der Waals surface area contributed by atoms with Crippen molar-refractivity contribution in [2.75, 3.05) is 5.75 Å². The molecule has 3 rings (SSSR count). The van der Waals surface area contributed by atoms with Gasteiger partial charge in [0.15, 0.2) is 0 Å². The highest BCUT2D eigenvalue weighted by Gasteiger charge is 2.34. The fourth-order valence-electron chi connectivity index (χ4n) is 3.36. The van der Waals surface area contributed by atoms with Gasteiger partial charge in [-0.25, -0.2) is 13.1 Å². The summed E-state index contributed by atoms with van der Waals surface area (Å²) in [7, 11) is -3.18. The number of aryl methyl sites for hydroxylation is 1. The number of nitrogens with one attached hydrogen (secondary N) is 2. The lowest BCUT2D eigenvalue weighted by Crippen LogP contribution is -2.48. The van der Waals surface area contributed by atoms with E-state index in [0.717, 1.165) is 18.4 Å². The number of fused-ring (bicyclic) bond motifs is 2. The van der Waals surface area contributed by atoms with Crippen molar-refractivity contribution in [1.29, 1.82) is 0 Å². The first-order valence-electron chi connectivity index (χ1n) is 7.41. The third-order valence-electron chi connectivity index (χ3n) is 4.32. The van der Waals surface area contributed by atoms with E-state index < -0.39 is 10.0 Å². The number of sulfonamides is 1. The third kappa shape index (κ3) is 4.68. The molecule has 0 spiro atoms. The van der Waals surface area contributed by atoms with Gasteiger partial charge < -0.3 is 5.32 Å². The van der Waals surface area contributed by atoms with Crippen LogP contribution < -0.4 is 10.0 Å². The minimum absolute atomic E-state index is 0. The standard InChI is InChI=1S/C15H22N2O2S.ClH/c18-20(19,9-8-12-4-2-1-3-5-12)17-15-10-13-6-7-14(11-15)16-13;/h1-5,13-17H,6-11H2;1H. The maximum atomic E-state index is 12.2. The lowest BCUT2D eigenvalue weighted by Gasteiger charge is -2.29. The maximum Gasteiger partial charge on any atom is 0.212 e. The van der Waals surface area contributed by atoms with Gasteiger partial charge in [-0.1, -0.05) is 30.3 Å². The topological polar surface area (TPSA) is 58.2 Å². The Morgan fingerprint density at radius 1 is 1.10 bits per heavy atom. The summed E-state index contributed by atoms with van der Waals surface area (Å²) in [6, 6.07) is 10.9. The van der Waals surface area contributed by atoms with Crippen LogP contribution in [0.1, 0.15) is 31.2 Å². The van der Waals surface area contributed by atoms with Gasteiger partial charge in [0.1, 0.15) is 0 Å². The molecule has 0 saturated carbocycles. The van der Waals surface area contributed by atoms with E-state index in [-0.39, 0.29) is 24.2 Å².